The fourth-order valence-electron chi connectivity index (χ4n) is 3.80. The lowest BCUT2D eigenvalue weighted by molar-refractivity contribution is -0.151. The molecule has 6 nitrogen and oxygen atoms in total. The lowest BCUT2D eigenvalue weighted by Gasteiger charge is -2.44. The van der Waals surface area contributed by atoms with Crippen LogP contribution in [0.3, 0.4) is 0 Å². The first-order valence-corrected chi connectivity index (χ1v) is 9.31. The quantitative estimate of drug-likeness (QED) is 0.373. The average molecular weight is 364 g/mol. The summed E-state index contributed by atoms with van der Waals surface area (Å²) in [5, 5.41) is 30.7. The van der Waals surface area contributed by atoms with Gasteiger partial charge in [-0.1, -0.05) is 44.2 Å². The van der Waals surface area contributed by atoms with Crippen molar-refractivity contribution in [1.82, 2.24) is 5.48 Å². The number of aliphatic hydroxyl groups excluding tert-OH is 1. The van der Waals surface area contributed by atoms with Gasteiger partial charge in [-0.25, -0.2) is 5.48 Å². The van der Waals surface area contributed by atoms with E-state index in [1.807, 2.05) is 30.3 Å². The third-order valence-corrected chi connectivity index (χ3v) is 5.83. The molecule has 1 amide bonds. The molecule has 0 radical (unpaired) electrons. The molecule has 3 atom stereocenters. The number of carbonyl (C=O) groups is 1. The topological polar surface area (TPSA) is 116 Å². The number of hydrogen-bond donors (Lipinski definition) is 5. The Hall–Kier alpha value is -1.47. The van der Waals surface area contributed by atoms with Gasteiger partial charge in [0.25, 0.3) is 0 Å². The first-order valence-electron chi connectivity index (χ1n) is 9.31. The van der Waals surface area contributed by atoms with E-state index in [1.54, 1.807) is 5.48 Å². The van der Waals surface area contributed by atoms with Crippen LogP contribution < -0.4 is 11.2 Å². The van der Waals surface area contributed by atoms with Crippen LogP contribution >= 0.6 is 0 Å². The number of amides is 1. The molecule has 1 aliphatic rings. The van der Waals surface area contributed by atoms with E-state index < -0.39 is 29.6 Å². The molecule has 0 aliphatic heterocycles. The highest BCUT2D eigenvalue weighted by atomic mass is 16.5. The van der Waals surface area contributed by atoms with Crippen LogP contribution in [0.4, 0.5) is 0 Å². The standard InChI is InChI=1S/C20H32N2O4/c1-19(2)8-10-20(25,11-9-19)15(18(24)22-26)13-17(23)16(21)12-14-6-4-3-5-7-14/h3-7,15-17,23,25-26H,8-13,21H2,1-2H3,(H,22,24)/t15-,16+,17+/m1/s1. The molecule has 2 rings (SSSR count). The summed E-state index contributed by atoms with van der Waals surface area (Å²) in [4.78, 5) is 12.2. The van der Waals surface area contributed by atoms with Crippen LogP contribution in [-0.2, 0) is 11.2 Å². The zero-order valence-electron chi connectivity index (χ0n) is 15.7. The normalized spacial score (nSPS) is 22.2. The van der Waals surface area contributed by atoms with E-state index in [0.29, 0.717) is 19.3 Å². The van der Waals surface area contributed by atoms with Gasteiger partial charge in [0, 0.05) is 6.04 Å². The van der Waals surface area contributed by atoms with Crippen molar-refractivity contribution >= 4 is 5.91 Å². The Bertz CT molecular complexity index is 581. The smallest absolute Gasteiger partial charge is 0.249 e. The van der Waals surface area contributed by atoms with E-state index in [9.17, 15) is 15.0 Å². The second-order valence-electron chi connectivity index (χ2n) is 8.45. The number of carbonyl (C=O) groups excluding carboxylic acids is 1. The largest absolute Gasteiger partial charge is 0.391 e. The Morgan fingerprint density at radius 1 is 1.19 bits per heavy atom. The Morgan fingerprint density at radius 3 is 2.31 bits per heavy atom. The van der Waals surface area contributed by atoms with Gasteiger partial charge in [-0.2, -0.15) is 0 Å². The molecule has 26 heavy (non-hydrogen) atoms. The predicted octanol–water partition coefficient (Wildman–Crippen LogP) is 1.76. The zero-order chi connectivity index (χ0) is 19.4. The van der Waals surface area contributed by atoms with Crippen LogP contribution in [0.2, 0.25) is 0 Å². The molecule has 0 heterocycles. The number of rotatable bonds is 7. The van der Waals surface area contributed by atoms with Crippen molar-refractivity contribution in [2.75, 3.05) is 0 Å². The van der Waals surface area contributed by atoms with Crippen molar-refractivity contribution in [3.05, 3.63) is 35.9 Å². The monoisotopic (exact) mass is 364 g/mol. The Labute approximate surface area is 155 Å². The molecule has 6 heteroatoms. The molecule has 146 valence electrons. The molecule has 1 saturated carbocycles. The molecule has 6 N–H and O–H groups in total. The molecule has 1 aromatic carbocycles. The second-order valence-corrected chi connectivity index (χ2v) is 8.45. The van der Waals surface area contributed by atoms with Crippen LogP contribution in [0.15, 0.2) is 30.3 Å². The summed E-state index contributed by atoms with van der Waals surface area (Å²) in [7, 11) is 0. The van der Waals surface area contributed by atoms with Gasteiger partial charge in [0.05, 0.1) is 17.6 Å². The van der Waals surface area contributed by atoms with E-state index in [0.717, 1.165) is 18.4 Å². The fourth-order valence-corrected chi connectivity index (χ4v) is 3.80. The van der Waals surface area contributed by atoms with Gasteiger partial charge >= 0.3 is 0 Å². The van der Waals surface area contributed by atoms with Gasteiger partial charge in [0.2, 0.25) is 5.91 Å². The van der Waals surface area contributed by atoms with E-state index in [2.05, 4.69) is 13.8 Å². The van der Waals surface area contributed by atoms with Crippen LogP contribution in [0.25, 0.3) is 0 Å². The highest BCUT2D eigenvalue weighted by molar-refractivity contribution is 5.78. The Balaban J connectivity index is 2.06. The van der Waals surface area contributed by atoms with E-state index in [1.165, 1.54) is 0 Å². The molecular weight excluding hydrogens is 332 g/mol. The van der Waals surface area contributed by atoms with Crippen molar-refractivity contribution < 1.29 is 20.2 Å². The van der Waals surface area contributed by atoms with Crippen molar-refractivity contribution in [1.29, 1.82) is 0 Å². The molecule has 0 saturated heterocycles. The second kappa shape index (κ2) is 8.48. The van der Waals surface area contributed by atoms with Crippen molar-refractivity contribution in [3.8, 4) is 0 Å². The maximum absolute atomic E-state index is 12.2. The summed E-state index contributed by atoms with van der Waals surface area (Å²) < 4.78 is 0. The molecule has 0 spiro atoms. The molecule has 1 aliphatic carbocycles. The van der Waals surface area contributed by atoms with Gasteiger partial charge in [-0.05, 0) is 49.5 Å². The zero-order valence-corrected chi connectivity index (χ0v) is 15.7. The first kappa shape index (κ1) is 20.8. The summed E-state index contributed by atoms with van der Waals surface area (Å²) in [5.41, 5.74) is 7.66. The summed E-state index contributed by atoms with van der Waals surface area (Å²) >= 11 is 0. The molecule has 1 fully saturated rings. The van der Waals surface area contributed by atoms with Crippen LogP contribution in [0.5, 0.6) is 0 Å². The number of hydroxylamine groups is 1. The summed E-state index contributed by atoms with van der Waals surface area (Å²) in [6.07, 6.45) is 2.00. The van der Waals surface area contributed by atoms with E-state index >= 15 is 0 Å². The SMILES string of the molecule is CC1(C)CCC(O)([C@H](C[C@H](O)[C@@H](N)Cc2ccccc2)C(=O)NO)CC1. The first-order chi connectivity index (χ1) is 12.2. The lowest BCUT2D eigenvalue weighted by atomic mass is 9.65. The minimum Gasteiger partial charge on any atom is -0.391 e. The van der Waals surface area contributed by atoms with Crippen LogP contribution in [-0.4, -0.2) is 39.1 Å². The fraction of sp³-hybridized carbons (Fsp3) is 0.650. The van der Waals surface area contributed by atoms with E-state index in [-0.39, 0.29) is 11.8 Å². The summed E-state index contributed by atoms with van der Waals surface area (Å²) in [6, 6.07) is 9.02. The molecular formula is C20H32N2O4. The van der Waals surface area contributed by atoms with Crippen LogP contribution in [0.1, 0.15) is 51.5 Å². The average Bonchev–Trinajstić information content (AvgIpc) is 2.62. The van der Waals surface area contributed by atoms with Gasteiger partial charge in [-0.15, -0.1) is 0 Å². The Kier molecular flexibility index (Phi) is 6.80. The predicted molar refractivity (Wildman–Crippen MR) is 99.4 cm³/mol. The maximum Gasteiger partial charge on any atom is 0.249 e. The minimum absolute atomic E-state index is 0.0112. The third-order valence-electron chi connectivity index (χ3n) is 5.83. The van der Waals surface area contributed by atoms with Crippen molar-refractivity contribution in [2.45, 2.75) is 70.1 Å². The summed E-state index contributed by atoms with van der Waals surface area (Å²) in [6.45, 7) is 4.27. The van der Waals surface area contributed by atoms with Crippen molar-refractivity contribution in [3.63, 3.8) is 0 Å². The van der Waals surface area contributed by atoms with Gasteiger partial charge in [-0.3, -0.25) is 10.0 Å². The number of nitrogens with two attached hydrogens (primary N) is 1. The molecule has 0 bridgehead atoms. The van der Waals surface area contributed by atoms with Gasteiger partial charge in [0.1, 0.15) is 0 Å². The number of benzene rings is 1. The van der Waals surface area contributed by atoms with Crippen molar-refractivity contribution in [2.24, 2.45) is 17.1 Å². The highest BCUT2D eigenvalue weighted by Gasteiger charge is 2.46. The minimum atomic E-state index is -1.24. The highest BCUT2D eigenvalue weighted by Crippen LogP contribution is 2.44. The third kappa shape index (κ3) is 5.27. The van der Waals surface area contributed by atoms with Gasteiger partial charge in [0.15, 0.2) is 0 Å². The van der Waals surface area contributed by atoms with Gasteiger partial charge < -0.3 is 15.9 Å². The lowest BCUT2D eigenvalue weighted by Crippen LogP contribution is -2.52. The molecule has 1 aromatic rings. The maximum atomic E-state index is 12.2. The van der Waals surface area contributed by atoms with E-state index in [4.69, 9.17) is 10.9 Å². The van der Waals surface area contributed by atoms with Crippen LogP contribution in [0, 0.1) is 11.3 Å². The summed E-state index contributed by atoms with van der Waals surface area (Å²) in [5.74, 6) is -1.57. The number of aliphatic hydroxyl groups is 2. The molecule has 0 aromatic heterocycles. The number of nitrogens with one attached hydrogen (secondary N) is 1. The molecule has 0 unspecified atom stereocenters. The number of hydrogen-bond acceptors (Lipinski definition) is 5. The Morgan fingerprint density at radius 2 is 1.77 bits per heavy atom.